The van der Waals surface area contributed by atoms with Crippen LogP contribution in [0.3, 0.4) is 0 Å². The number of carbonyl (C=O) groups excluding carboxylic acids is 2. The highest BCUT2D eigenvalue weighted by molar-refractivity contribution is 5.73. The molecule has 1 N–H and O–H groups in total. The summed E-state index contributed by atoms with van der Waals surface area (Å²) in [5.41, 5.74) is 2.59. The van der Waals surface area contributed by atoms with Gasteiger partial charge in [0.2, 0.25) is 0 Å². The molecule has 2 aromatic carbocycles. The Labute approximate surface area is 190 Å². The molecule has 2 aromatic rings. The van der Waals surface area contributed by atoms with E-state index >= 15 is 0 Å². The number of alkyl carbamates (subject to hydrolysis) is 1. The van der Waals surface area contributed by atoms with E-state index in [-0.39, 0.29) is 19.4 Å². The van der Waals surface area contributed by atoms with Crippen molar-refractivity contribution in [3.8, 4) is 17.2 Å². The third-order valence-electron chi connectivity index (χ3n) is 4.79. The van der Waals surface area contributed by atoms with Crippen LogP contribution in [0.5, 0.6) is 0 Å². The third-order valence-corrected chi connectivity index (χ3v) is 4.79. The summed E-state index contributed by atoms with van der Waals surface area (Å²) in [6.07, 6.45) is 0.253. The minimum absolute atomic E-state index is 0.0261. The van der Waals surface area contributed by atoms with Crippen molar-refractivity contribution in [2.24, 2.45) is 5.92 Å². The molecule has 0 radical (unpaired) electrons. The van der Waals surface area contributed by atoms with Crippen molar-refractivity contribution in [1.29, 1.82) is 5.26 Å². The summed E-state index contributed by atoms with van der Waals surface area (Å²) in [7, 11) is 0. The molecule has 6 nitrogen and oxygen atoms in total. The van der Waals surface area contributed by atoms with Gasteiger partial charge < -0.3 is 14.8 Å². The quantitative estimate of drug-likeness (QED) is 0.541. The van der Waals surface area contributed by atoms with Crippen LogP contribution in [-0.2, 0) is 20.7 Å². The molecule has 0 aliphatic carbocycles. The first-order valence-electron chi connectivity index (χ1n) is 10.9. The number of carbonyl (C=O) groups is 2. The minimum atomic E-state index is -0.640. The fraction of sp³-hybridized carbons (Fsp3) is 0.423. The van der Waals surface area contributed by atoms with Crippen LogP contribution >= 0.6 is 0 Å². The number of nitrogens with one attached hydrogen (secondary N) is 1. The second-order valence-electron chi connectivity index (χ2n) is 8.66. The second-order valence-corrected chi connectivity index (χ2v) is 8.66. The lowest BCUT2D eigenvalue weighted by atomic mass is 9.92. The molecule has 0 saturated carbocycles. The summed E-state index contributed by atoms with van der Waals surface area (Å²) in [4.78, 5) is 24.7. The Morgan fingerprint density at radius 3 is 2.22 bits per heavy atom. The summed E-state index contributed by atoms with van der Waals surface area (Å²) in [6, 6.07) is 19.8. The molecule has 170 valence electrons. The van der Waals surface area contributed by atoms with Crippen molar-refractivity contribution in [2.45, 2.75) is 58.6 Å². The number of hydrogen-bond acceptors (Lipinski definition) is 5. The SMILES string of the molecule is CCOC(=O)[C@H](CC#N)C[C@@H](Cc1ccc(-c2ccccc2)cc1)NC(=O)OC(C)(C)C. The van der Waals surface area contributed by atoms with E-state index in [1.54, 1.807) is 27.7 Å². The van der Waals surface area contributed by atoms with Crippen LogP contribution in [0.15, 0.2) is 54.6 Å². The Kier molecular flexibility index (Phi) is 9.27. The lowest BCUT2D eigenvalue weighted by molar-refractivity contribution is -0.148. The van der Waals surface area contributed by atoms with Crippen LogP contribution in [0.25, 0.3) is 11.1 Å². The van der Waals surface area contributed by atoms with Crippen molar-refractivity contribution < 1.29 is 19.1 Å². The molecule has 1 amide bonds. The van der Waals surface area contributed by atoms with Crippen molar-refractivity contribution in [3.05, 3.63) is 60.2 Å². The highest BCUT2D eigenvalue weighted by atomic mass is 16.6. The molecule has 0 heterocycles. The number of hydrogen-bond donors (Lipinski definition) is 1. The summed E-state index contributed by atoms with van der Waals surface area (Å²) < 4.78 is 10.5. The van der Waals surface area contributed by atoms with Gasteiger partial charge in [-0.3, -0.25) is 4.79 Å². The molecule has 0 aliphatic heterocycles. The van der Waals surface area contributed by atoms with Gasteiger partial charge in [0.15, 0.2) is 0 Å². The molecular weight excluding hydrogens is 404 g/mol. The highest BCUT2D eigenvalue weighted by Gasteiger charge is 2.27. The number of benzene rings is 2. The highest BCUT2D eigenvalue weighted by Crippen LogP contribution is 2.22. The van der Waals surface area contributed by atoms with Crippen LogP contribution in [0.1, 0.15) is 46.1 Å². The molecule has 0 saturated heterocycles. The zero-order valence-corrected chi connectivity index (χ0v) is 19.3. The molecule has 0 bridgehead atoms. The van der Waals surface area contributed by atoms with E-state index in [9.17, 15) is 9.59 Å². The second kappa shape index (κ2) is 11.9. The molecule has 0 unspecified atom stereocenters. The molecule has 6 heteroatoms. The first-order valence-corrected chi connectivity index (χ1v) is 10.9. The maximum atomic E-state index is 12.4. The smallest absolute Gasteiger partial charge is 0.407 e. The summed E-state index contributed by atoms with van der Waals surface area (Å²) >= 11 is 0. The Morgan fingerprint density at radius 2 is 1.66 bits per heavy atom. The maximum Gasteiger partial charge on any atom is 0.407 e. The van der Waals surface area contributed by atoms with Gasteiger partial charge in [-0.2, -0.15) is 5.26 Å². The minimum Gasteiger partial charge on any atom is -0.466 e. The molecule has 0 fully saturated rings. The van der Waals surface area contributed by atoms with E-state index in [1.165, 1.54) is 0 Å². The number of ether oxygens (including phenoxy) is 2. The number of amides is 1. The van der Waals surface area contributed by atoms with Gasteiger partial charge in [-0.05, 0) is 57.2 Å². The predicted octanol–water partition coefficient (Wildman–Crippen LogP) is 5.27. The molecule has 0 aromatic heterocycles. The van der Waals surface area contributed by atoms with Crippen LogP contribution < -0.4 is 5.32 Å². The zero-order chi connectivity index (χ0) is 23.6. The molecule has 32 heavy (non-hydrogen) atoms. The van der Waals surface area contributed by atoms with Gasteiger partial charge >= 0.3 is 12.1 Å². The van der Waals surface area contributed by atoms with E-state index in [4.69, 9.17) is 14.7 Å². The average molecular weight is 437 g/mol. The Balaban J connectivity index is 2.18. The lowest BCUT2D eigenvalue weighted by Gasteiger charge is -2.25. The molecule has 2 rings (SSSR count). The van der Waals surface area contributed by atoms with Crippen LogP contribution in [-0.4, -0.2) is 30.3 Å². The number of nitrogens with zero attached hydrogens (tertiary/aromatic N) is 1. The first-order chi connectivity index (χ1) is 15.2. The van der Waals surface area contributed by atoms with Crippen molar-refractivity contribution in [3.63, 3.8) is 0 Å². The maximum absolute atomic E-state index is 12.4. The number of nitriles is 1. The van der Waals surface area contributed by atoms with Crippen molar-refractivity contribution >= 4 is 12.1 Å². The normalized spacial score (nSPS) is 12.8. The van der Waals surface area contributed by atoms with Gasteiger partial charge in [0.25, 0.3) is 0 Å². The van der Waals surface area contributed by atoms with Gasteiger partial charge in [0, 0.05) is 12.5 Å². The largest absolute Gasteiger partial charge is 0.466 e. The van der Waals surface area contributed by atoms with Crippen LogP contribution in [0.2, 0.25) is 0 Å². The lowest BCUT2D eigenvalue weighted by Crippen LogP contribution is -2.42. The van der Waals surface area contributed by atoms with Gasteiger partial charge in [-0.25, -0.2) is 4.79 Å². The zero-order valence-electron chi connectivity index (χ0n) is 19.3. The fourth-order valence-electron chi connectivity index (χ4n) is 3.39. The van der Waals surface area contributed by atoms with Gasteiger partial charge in [-0.1, -0.05) is 54.6 Å². The van der Waals surface area contributed by atoms with E-state index in [0.717, 1.165) is 16.7 Å². The molecule has 0 spiro atoms. The van der Waals surface area contributed by atoms with Gasteiger partial charge in [0.05, 0.1) is 18.6 Å². The number of esters is 1. The Hall–Kier alpha value is -3.33. The topological polar surface area (TPSA) is 88.4 Å². The van der Waals surface area contributed by atoms with Gasteiger partial charge in [-0.15, -0.1) is 0 Å². The van der Waals surface area contributed by atoms with E-state index in [0.29, 0.717) is 6.42 Å². The summed E-state index contributed by atoms with van der Waals surface area (Å²) in [5, 5.41) is 12.0. The van der Waals surface area contributed by atoms with Crippen molar-refractivity contribution in [2.75, 3.05) is 6.61 Å². The van der Waals surface area contributed by atoms with Gasteiger partial charge in [0.1, 0.15) is 5.60 Å². The first kappa shape index (κ1) is 24.9. The number of rotatable bonds is 9. The van der Waals surface area contributed by atoms with E-state index in [1.807, 2.05) is 60.7 Å². The van der Waals surface area contributed by atoms with E-state index in [2.05, 4.69) is 5.32 Å². The molecule has 2 atom stereocenters. The Bertz CT molecular complexity index is 912. The van der Waals surface area contributed by atoms with Crippen LogP contribution in [0, 0.1) is 17.2 Å². The van der Waals surface area contributed by atoms with E-state index < -0.39 is 29.6 Å². The standard InChI is InChI=1S/C26H32N2O4/c1-5-31-24(29)22(15-16-27)18-23(28-25(30)32-26(2,3)4)17-19-11-13-21(14-12-19)20-9-7-6-8-10-20/h6-14,22-23H,5,15,17-18H2,1-4H3,(H,28,30)/t22-,23-/m1/s1. The monoisotopic (exact) mass is 436 g/mol. The molecular formula is C26H32N2O4. The fourth-order valence-corrected chi connectivity index (χ4v) is 3.39. The predicted molar refractivity (Wildman–Crippen MR) is 124 cm³/mol. The summed E-state index contributed by atoms with van der Waals surface area (Å²) in [5.74, 6) is -1.05. The Morgan fingerprint density at radius 1 is 1.03 bits per heavy atom. The van der Waals surface area contributed by atoms with Crippen molar-refractivity contribution in [1.82, 2.24) is 5.32 Å². The average Bonchev–Trinajstić information content (AvgIpc) is 2.73. The summed E-state index contributed by atoms with van der Waals surface area (Å²) in [6.45, 7) is 7.35. The van der Waals surface area contributed by atoms with Crippen LogP contribution in [0.4, 0.5) is 4.79 Å². The third kappa shape index (κ3) is 8.43. The molecule has 0 aliphatic rings.